The molecule has 1 aromatic heterocycles. The van der Waals surface area contributed by atoms with E-state index in [4.69, 9.17) is 11.6 Å². The molecular formula is C14H14BrClS. The molecule has 1 aromatic carbocycles. The minimum Gasteiger partial charge on any atom is -0.142 e. The first-order valence-corrected chi connectivity index (χ1v) is 8.09. The maximum atomic E-state index is 6.66. The van der Waals surface area contributed by atoms with Crippen molar-refractivity contribution in [1.29, 1.82) is 0 Å². The third-order valence-corrected chi connectivity index (χ3v) is 6.31. The van der Waals surface area contributed by atoms with Crippen LogP contribution in [0.5, 0.6) is 0 Å². The number of alkyl halides is 1. The molecular weight excluding hydrogens is 316 g/mol. The fourth-order valence-electron chi connectivity index (χ4n) is 2.40. The summed E-state index contributed by atoms with van der Waals surface area (Å²) in [6.45, 7) is 2.29. The Morgan fingerprint density at radius 3 is 2.88 bits per heavy atom. The summed E-state index contributed by atoms with van der Waals surface area (Å²) in [5, 5.41) is 3.70. The predicted molar refractivity (Wildman–Crippen MR) is 80.0 cm³/mol. The molecule has 2 atom stereocenters. The van der Waals surface area contributed by atoms with Crippen LogP contribution < -0.4 is 0 Å². The van der Waals surface area contributed by atoms with Crippen LogP contribution in [0.25, 0.3) is 10.1 Å². The highest BCUT2D eigenvalue weighted by Gasteiger charge is 2.34. The van der Waals surface area contributed by atoms with Crippen molar-refractivity contribution in [1.82, 2.24) is 0 Å². The molecule has 0 nitrogen and oxygen atoms in total. The molecule has 1 aliphatic rings. The summed E-state index contributed by atoms with van der Waals surface area (Å²) < 4.78 is 2.49. The smallest absolute Gasteiger partial charge is 0.0627 e. The summed E-state index contributed by atoms with van der Waals surface area (Å²) in [5.41, 5.74) is 1.31. The Balaban J connectivity index is 2.02. The van der Waals surface area contributed by atoms with Gasteiger partial charge in [0.25, 0.3) is 0 Å². The van der Waals surface area contributed by atoms with Crippen molar-refractivity contribution in [2.75, 3.05) is 0 Å². The number of fused-ring (bicyclic) bond motifs is 1. The Labute approximate surface area is 119 Å². The van der Waals surface area contributed by atoms with E-state index in [0.29, 0.717) is 5.92 Å². The maximum Gasteiger partial charge on any atom is 0.0627 e. The quantitative estimate of drug-likeness (QED) is 0.607. The largest absolute Gasteiger partial charge is 0.142 e. The van der Waals surface area contributed by atoms with Gasteiger partial charge in [0.2, 0.25) is 0 Å². The van der Waals surface area contributed by atoms with Gasteiger partial charge in [0.15, 0.2) is 0 Å². The zero-order valence-corrected chi connectivity index (χ0v) is 12.8. The van der Waals surface area contributed by atoms with Crippen molar-refractivity contribution in [2.45, 2.75) is 25.1 Å². The van der Waals surface area contributed by atoms with Crippen LogP contribution in [0.4, 0.5) is 0 Å². The van der Waals surface area contributed by atoms with Gasteiger partial charge in [-0.2, -0.15) is 0 Å². The molecule has 0 amide bonds. The normalized spacial score (nSPS) is 19.5. The van der Waals surface area contributed by atoms with Crippen LogP contribution in [0.2, 0.25) is 0 Å². The van der Waals surface area contributed by atoms with Crippen LogP contribution in [-0.2, 0) is 0 Å². The molecule has 0 radical (unpaired) electrons. The number of benzene rings is 1. The van der Waals surface area contributed by atoms with E-state index in [2.05, 4.69) is 46.4 Å². The first-order chi connectivity index (χ1) is 8.18. The molecule has 2 unspecified atom stereocenters. The van der Waals surface area contributed by atoms with E-state index in [-0.39, 0.29) is 5.38 Å². The summed E-state index contributed by atoms with van der Waals surface area (Å²) in [6.07, 6.45) is 2.71. The van der Waals surface area contributed by atoms with E-state index < -0.39 is 0 Å². The van der Waals surface area contributed by atoms with Gasteiger partial charge in [0.1, 0.15) is 0 Å². The van der Waals surface area contributed by atoms with Gasteiger partial charge >= 0.3 is 0 Å². The van der Waals surface area contributed by atoms with E-state index >= 15 is 0 Å². The van der Waals surface area contributed by atoms with E-state index in [1.807, 2.05) is 0 Å². The van der Waals surface area contributed by atoms with Gasteiger partial charge in [-0.3, -0.25) is 0 Å². The molecule has 0 aliphatic heterocycles. The van der Waals surface area contributed by atoms with Crippen molar-refractivity contribution < 1.29 is 0 Å². The van der Waals surface area contributed by atoms with E-state index in [1.54, 1.807) is 11.3 Å². The van der Waals surface area contributed by atoms with Crippen LogP contribution in [0.15, 0.2) is 28.1 Å². The second-order valence-electron chi connectivity index (χ2n) is 4.91. The molecule has 1 fully saturated rings. The lowest BCUT2D eigenvalue weighted by Crippen LogP contribution is -2.05. The van der Waals surface area contributed by atoms with Gasteiger partial charge in [-0.25, -0.2) is 0 Å². The fourth-order valence-corrected chi connectivity index (χ4v) is 4.52. The van der Waals surface area contributed by atoms with Gasteiger partial charge < -0.3 is 0 Å². The molecule has 1 saturated carbocycles. The van der Waals surface area contributed by atoms with Crippen molar-refractivity contribution in [2.24, 2.45) is 11.8 Å². The molecule has 0 spiro atoms. The van der Waals surface area contributed by atoms with Crippen LogP contribution in [0.3, 0.4) is 0 Å². The summed E-state index contributed by atoms with van der Waals surface area (Å²) in [6, 6.07) is 6.37. The Kier molecular flexibility index (Phi) is 3.22. The SMILES string of the molecule is CC(C1CC1)C(Cl)c1csc2c(Br)cccc12. The Morgan fingerprint density at radius 1 is 1.41 bits per heavy atom. The molecule has 17 heavy (non-hydrogen) atoms. The molecule has 3 heteroatoms. The average molecular weight is 330 g/mol. The standard InChI is InChI=1S/C14H14BrClS/c1-8(9-5-6-9)13(16)11-7-17-14-10(11)3-2-4-12(14)15/h2-4,7-9,13H,5-6H2,1H3. The van der Waals surface area contributed by atoms with E-state index in [0.717, 1.165) is 5.92 Å². The Bertz CT molecular complexity index is 544. The minimum atomic E-state index is 0.158. The summed E-state index contributed by atoms with van der Waals surface area (Å²) in [4.78, 5) is 0. The van der Waals surface area contributed by atoms with Crippen LogP contribution in [-0.4, -0.2) is 0 Å². The summed E-state index contributed by atoms with van der Waals surface area (Å²) in [5.74, 6) is 1.44. The Morgan fingerprint density at radius 2 is 2.18 bits per heavy atom. The van der Waals surface area contributed by atoms with E-state index in [9.17, 15) is 0 Å². The van der Waals surface area contributed by atoms with Gasteiger partial charge in [-0.05, 0) is 63.0 Å². The van der Waals surface area contributed by atoms with Gasteiger partial charge in [-0.15, -0.1) is 22.9 Å². The first kappa shape index (κ1) is 12.0. The number of hydrogen-bond donors (Lipinski definition) is 0. The topological polar surface area (TPSA) is 0 Å². The maximum absolute atomic E-state index is 6.66. The summed E-state index contributed by atoms with van der Waals surface area (Å²) >= 11 is 12.0. The average Bonchev–Trinajstić information content (AvgIpc) is 3.08. The lowest BCUT2D eigenvalue weighted by atomic mass is 9.96. The lowest BCUT2D eigenvalue weighted by Gasteiger charge is -2.17. The van der Waals surface area contributed by atoms with Crippen molar-refractivity contribution in [3.8, 4) is 0 Å². The molecule has 0 bridgehead atoms. The molecule has 3 rings (SSSR count). The van der Waals surface area contributed by atoms with Crippen LogP contribution in [0.1, 0.15) is 30.7 Å². The van der Waals surface area contributed by atoms with Crippen molar-refractivity contribution in [3.63, 3.8) is 0 Å². The zero-order chi connectivity index (χ0) is 12.0. The number of rotatable bonds is 3. The molecule has 1 aliphatic carbocycles. The van der Waals surface area contributed by atoms with Gasteiger partial charge in [-0.1, -0.05) is 19.1 Å². The number of thiophene rings is 1. The predicted octanol–water partition coefficient (Wildman–Crippen LogP) is 5.99. The van der Waals surface area contributed by atoms with Crippen LogP contribution in [0, 0.1) is 11.8 Å². The first-order valence-electron chi connectivity index (χ1n) is 5.98. The molecule has 90 valence electrons. The highest BCUT2D eigenvalue weighted by atomic mass is 79.9. The summed E-state index contributed by atoms with van der Waals surface area (Å²) in [7, 11) is 0. The molecule has 2 aromatic rings. The van der Waals surface area contributed by atoms with Gasteiger partial charge in [0.05, 0.1) is 5.38 Å². The molecule has 0 N–H and O–H groups in total. The third-order valence-electron chi connectivity index (χ3n) is 3.71. The van der Waals surface area contributed by atoms with Crippen molar-refractivity contribution >= 4 is 49.0 Å². The second-order valence-corrected chi connectivity index (χ2v) is 7.11. The zero-order valence-electron chi connectivity index (χ0n) is 9.62. The minimum absolute atomic E-state index is 0.158. The number of halogens is 2. The fraction of sp³-hybridized carbons (Fsp3) is 0.429. The van der Waals surface area contributed by atoms with Crippen molar-refractivity contribution in [3.05, 3.63) is 33.6 Å². The number of hydrogen-bond acceptors (Lipinski definition) is 1. The van der Waals surface area contributed by atoms with E-state index in [1.165, 1.54) is 33.0 Å². The Hall–Kier alpha value is -0.0500. The second kappa shape index (κ2) is 4.56. The molecule has 0 saturated heterocycles. The molecule has 1 heterocycles. The third kappa shape index (κ3) is 2.16. The highest BCUT2D eigenvalue weighted by molar-refractivity contribution is 9.10. The van der Waals surface area contributed by atoms with Gasteiger partial charge in [0, 0.05) is 9.17 Å². The lowest BCUT2D eigenvalue weighted by molar-refractivity contribution is 0.493. The highest BCUT2D eigenvalue weighted by Crippen LogP contribution is 2.48. The monoisotopic (exact) mass is 328 g/mol. The van der Waals surface area contributed by atoms with Crippen LogP contribution >= 0.6 is 38.9 Å².